The maximum atomic E-state index is 13.2. The Balaban J connectivity index is 1.80. The number of aryl methyl sites for hydroxylation is 1. The van der Waals surface area contributed by atoms with Crippen LogP contribution >= 0.6 is 0 Å². The molecule has 0 spiro atoms. The molecule has 0 saturated carbocycles. The van der Waals surface area contributed by atoms with Gasteiger partial charge >= 0.3 is 12.0 Å². The van der Waals surface area contributed by atoms with Crippen molar-refractivity contribution in [3.8, 4) is 0 Å². The molecule has 2 aromatic carbocycles. The summed E-state index contributed by atoms with van der Waals surface area (Å²) in [6, 6.07) is 11.2. The molecule has 5 nitrogen and oxygen atoms in total. The van der Waals surface area contributed by atoms with Crippen molar-refractivity contribution in [1.29, 1.82) is 0 Å². The van der Waals surface area contributed by atoms with Crippen LogP contribution in [-0.2, 0) is 17.8 Å². The molecular formula is C18H19FN2O3. The minimum atomic E-state index is -0.401. The molecule has 2 rings (SSSR count). The lowest BCUT2D eigenvalue weighted by Gasteiger charge is -2.09. The van der Waals surface area contributed by atoms with E-state index in [-0.39, 0.29) is 11.8 Å². The van der Waals surface area contributed by atoms with E-state index in [1.54, 1.807) is 43.3 Å². The largest absolute Gasteiger partial charge is 0.465 e. The van der Waals surface area contributed by atoms with Crippen LogP contribution in [0.25, 0.3) is 0 Å². The summed E-state index contributed by atoms with van der Waals surface area (Å²) in [6.07, 6.45) is 0. The fraction of sp³-hybridized carbons (Fsp3) is 0.222. The lowest BCUT2D eigenvalue weighted by Crippen LogP contribution is -2.34. The summed E-state index contributed by atoms with van der Waals surface area (Å²) in [4.78, 5) is 23.1. The zero-order chi connectivity index (χ0) is 17.5. The van der Waals surface area contributed by atoms with Gasteiger partial charge in [0.25, 0.3) is 0 Å². The zero-order valence-corrected chi connectivity index (χ0v) is 13.6. The molecule has 0 radical (unpaired) electrons. The number of esters is 1. The number of hydrogen-bond acceptors (Lipinski definition) is 3. The maximum absolute atomic E-state index is 13.2. The molecule has 2 amide bonds. The van der Waals surface area contributed by atoms with E-state index in [2.05, 4.69) is 15.4 Å². The Labute approximate surface area is 139 Å². The Bertz CT molecular complexity index is 730. The molecule has 126 valence electrons. The normalized spacial score (nSPS) is 10.1. The summed E-state index contributed by atoms with van der Waals surface area (Å²) in [7, 11) is 1.32. The van der Waals surface area contributed by atoms with Gasteiger partial charge in [0, 0.05) is 13.1 Å². The number of halogens is 1. The number of benzene rings is 2. The third kappa shape index (κ3) is 4.81. The summed E-state index contributed by atoms with van der Waals surface area (Å²) in [6.45, 7) is 2.32. The number of hydrogen-bond donors (Lipinski definition) is 2. The molecule has 6 heteroatoms. The van der Waals surface area contributed by atoms with Crippen molar-refractivity contribution in [2.45, 2.75) is 20.0 Å². The van der Waals surface area contributed by atoms with Gasteiger partial charge in [0.1, 0.15) is 5.82 Å². The van der Waals surface area contributed by atoms with Gasteiger partial charge < -0.3 is 15.4 Å². The smallest absolute Gasteiger partial charge is 0.337 e. The predicted octanol–water partition coefficient (Wildman–Crippen LogP) is 2.92. The van der Waals surface area contributed by atoms with Crippen molar-refractivity contribution < 1.29 is 18.7 Å². The zero-order valence-electron chi connectivity index (χ0n) is 13.6. The lowest BCUT2D eigenvalue weighted by molar-refractivity contribution is 0.0600. The first-order valence-corrected chi connectivity index (χ1v) is 7.43. The van der Waals surface area contributed by atoms with Crippen molar-refractivity contribution in [3.05, 3.63) is 70.5 Å². The highest BCUT2D eigenvalue weighted by atomic mass is 19.1. The van der Waals surface area contributed by atoms with Gasteiger partial charge in [-0.15, -0.1) is 0 Å². The molecule has 0 atom stereocenters. The average Bonchev–Trinajstić information content (AvgIpc) is 2.60. The molecule has 0 heterocycles. The molecule has 0 aliphatic rings. The highest BCUT2D eigenvalue weighted by molar-refractivity contribution is 5.89. The Morgan fingerprint density at radius 2 is 1.58 bits per heavy atom. The summed E-state index contributed by atoms with van der Waals surface area (Å²) in [5.41, 5.74) is 2.68. The molecule has 0 bridgehead atoms. The third-order valence-corrected chi connectivity index (χ3v) is 3.50. The van der Waals surface area contributed by atoms with Gasteiger partial charge in [-0.1, -0.05) is 24.3 Å². The van der Waals surface area contributed by atoms with Gasteiger partial charge in [0.2, 0.25) is 0 Å². The lowest BCUT2D eigenvalue weighted by atomic mass is 10.1. The average molecular weight is 330 g/mol. The van der Waals surface area contributed by atoms with Gasteiger partial charge in [-0.05, 0) is 41.8 Å². The van der Waals surface area contributed by atoms with Crippen molar-refractivity contribution >= 4 is 12.0 Å². The Kier molecular flexibility index (Phi) is 5.89. The predicted molar refractivity (Wildman–Crippen MR) is 88.0 cm³/mol. The van der Waals surface area contributed by atoms with E-state index in [9.17, 15) is 14.0 Å². The fourth-order valence-corrected chi connectivity index (χ4v) is 2.12. The van der Waals surface area contributed by atoms with Gasteiger partial charge in [-0.3, -0.25) is 0 Å². The molecular weight excluding hydrogens is 311 g/mol. The van der Waals surface area contributed by atoms with Crippen molar-refractivity contribution in [2.24, 2.45) is 0 Å². The molecule has 0 aliphatic heterocycles. The van der Waals surface area contributed by atoms with E-state index in [1.807, 2.05) is 0 Å². The van der Waals surface area contributed by atoms with E-state index < -0.39 is 5.97 Å². The highest BCUT2D eigenvalue weighted by Crippen LogP contribution is 2.09. The minimum Gasteiger partial charge on any atom is -0.465 e. The number of urea groups is 1. The van der Waals surface area contributed by atoms with Gasteiger partial charge in [-0.2, -0.15) is 0 Å². The fourth-order valence-electron chi connectivity index (χ4n) is 2.12. The third-order valence-electron chi connectivity index (χ3n) is 3.50. The number of carbonyl (C=O) groups is 2. The first kappa shape index (κ1) is 17.5. The summed E-state index contributed by atoms with van der Waals surface area (Å²) in [5.74, 6) is -0.666. The number of methoxy groups -OCH3 is 1. The monoisotopic (exact) mass is 330 g/mol. The molecule has 0 aliphatic carbocycles. The van der Waals surface area contributed by atoms with Crippen LogP contribution in [0.5, 0.6) is 0 Å². The topological polar surface area (TPSA) is 67.4 Å². The number of carbonyl (C=O) groups excluding carboxylic acids is 2. The van der Waals surface area contributed by atoms with E-state index in [0.717, 1.165) is 11.1 Å². The van der Waals surface area contributed by atoms with E-state index >= 15 is 0 Å². The molecule has 2 aromatic rings. The molecule has 0 saturated heterocycles. The summed E-state index contributed by atoms with van der Waals surface area (Å²) < 4.78 is 17.8. The van der Waals surface area contributed by atoms with Crippen LogP contribution in [0.3, 0.4) is 0 Å². The number of ether oxygens (including phenoxy) is 1. The molecule has 0 aromatic heterocycles. The van der Waals surface area contributed by atoms with Crippen LogP contribution in [0.4, 0.5) is 9.18 Å². The molecule has 0 fully saturated rings. The SMILES string of the molecule is COC(=O)c1ccc(CNC(=O)NCc2ccc(F)c(C)c2)cc1. The van der Waals surface area contributed by atoms with Crippen molar-refractivity contribution in [3.63, 3.8) is 0 Å². The van der Waals surface area contributed by atoms with Gasteiger partial charge in [0.15, 0.2) is 0 Å². The van der Waals surface area contributed by atoms with Crippen LogP contribution in [0, 0.1) is 12.7 Å². The van der Waals surface area contributed by atoms with Crippen molar-refractivity contribution in [1.82, 2.24) is 10.6 Å². The second kappa shape index (κ2) is 8.10. The second-order valence-corrected chi connectivity index (χ2v) is 5.31. The van der Waals surface area contributed by atoms with E-state index in [0.29, 0.717) is 24.2 Å². The van der Waals surface area contributed by atoms with Crippen LogP contribution < -0.4 is 10.6 Å². The van der Waals surface area contributed by atoms with Crippen LogP contribution in [0.2, 0.25) is 0 Å². The number of rotatable bonds is 5. The van der Waals surface area contributed by atoms with Crippen LogP contribution in [0.15, 0.2) is 42.5 Å². The molecule has 24 heavy (non-hydrogen) atoms. The minimum absolute atomic E-state index is 0.265. The van der Waals surface area contributed by atoms with Crippen molar-refractivity contribution in [2.75, 3.05) is 7.11 Å². The van der Waals surface area contributed by atoms with E-state index in [1.165, 1.54) is 13.2 Å². The Morgan fingerprint density at radius 1 is 1.00 bits per heavy atom. The number of amides is 2. The first-order chi connectivity index (χ1) is 11.5. The molecule has 2 N–H and O–H groups in total. The summed E-state index contributed by atoms with van der Waals surface area (Å²) in [5, 5.41) is 5.43. The number of nitrogens with one attached hydrogen (secondary N) is 2. The second-order valence-electron chi connectivity index (χ2n) is 5.31. The van der Waals surface area contributed by atoms with Crippen LogP contribution in [-0.4, -0.2) is 19.1 Å². The standard InChI is InChI=1S/C18H19FN2O3/c1-12-9-14(5-8-16(12)19)11-21-18(23)20-10-13-3-6-15(7-4-13)17(22)24-2/h3-9H,10-11H2,1-2H3,(H2,20,21,23). The quantitative estimate of drug-likeness (QED) is 0.828. The Hall–Kier alpha value is -2.89. The van der Waals surface area contributed by atoms with Gasteiger partial charge in [-0.25, -0.2) is 14.0 Å². The molecule has 0 unspecified atom stereocenters. The van der Waals surface area contributed by atoms with E-state index in [4.69, 9.17) is 0 Å². The maximum Gasteiger partial charge on any atom is 0.337 e. The summed E-state index contributed by atoms with van der Waals surface area (Å²) >= 11 is 0. The Morgan fingerprint density at radius 3 is 2.17 bits per heavy atom. The van der Waals surface area contributed by atoms with Gasteiger partial charge in [0.05, 0.1) is 12.7 Å². The first-order valence-electron chi connectivity index (χ1n) is 7.43. The van der Waals surface area contributed by atoms with Crippen LogP contribution in [0.1, 0.15) is 27.0 Å². The highest BCUT2D eigenvalue weighted by Gasteiger charge is 2.06.